The molecule has 0 spiro atoms. The quantitative estimate of drug-likeness (QED) is 0.847. The van der Waals surface area contributed by atoms with Crippen LogP contribution in [0.25, 0.3) is 0 Å². The first-order valence-electron chi connectivity index (χ1n) is 7.38. The van der Waals surface area contributed by atoms with Crippen LogP contribution in [0.3, 0.4) is 0 Å². The molecule has 2 aromatic carbocycles. The topological polar surface area (TPSA) is 64.3 Å². The molecule has 0 aromatic heterocycles. The van der Waals surface area contributed by atoms with Gasteiger partial charge in [0.2, 0.25) is 5.91 Å². The SMILES string of the molecule is CC(C)OCc1cccc(NC(=O)C(N)c2ccccc2)c1.Cl. The first-order chi connectivity index (χ1) is 10.6. The number of anilines is 1. The third-order valence-electron chi connectivity index (χ3n) is 3.22. The number of nitrogens with two attached hydrogens (primary N) is 1. The van der Waals surface area contributed by atoms with Gasteiger partial charge in [-0.25, -0.2) is 0 Å². The minimum absolute atomic E-state index is 0. The molecule has 1 atom stereocenters. The Morgan fingerprint density at radius 1 is 1.13 bits per heavy atom. The molecule has 0 aliphatic carbocycles. The van der Waals surface area contributed by atoms with Gasteiger partial charge in [0, 0.05) is 5.69 Å². The molecule has 3 N–H and O–H groups in total. The maximum absolute atomic E-state index is 12.2. The van der Waals surface area contributed by atoms with E-state index in [2.05, 4.69) is 5.32 Å². The van der Waals surface area contributed by atoms with Crippen LogP contribution in [0.1, 0.15) is 31.0 Å². The van der Waals surface area contributed by atoms with E-state index < -0.39 is 6.04 Å². The Labute approximate surface area is 143 Å². The summed E-state index contributed by atoms with van der Waals surface area (Å²) < 4.78 is 5.57. The fourth-order valence-electron chi connectivity index (χ4n) is 2.03. The summed E-state index contributed by atoms with van der Waals surface area (Å²) in [6, 6.07) is 16.2. The van der Waals surface area contributed by atoms with Crippen molar-refractivity contribution in [2.45, 2.75) is 32.6 Å². The van der Waals surface area contributed by atoms with Gasteiger partial charge in [0.15, 0.2) is 0 Å². The fraction of sp³-hybridized carbons (Fsp3) is 0.278. The van der Waals surface area contributed by atoms with Crippen LogP contribution < -0.4 is 11.1 Å². The highest BCUT2D eigenvalue weighted by molar-refractivity contribution is 5.95. The van der Waals surface area contributed by atoms with Gasteiger partial charge in [0.25, 0.3) is 0 Å². The first-order valence-corrected chi connectivity index (χ1v) is 7.38. The molecular weight excluding hydrogens is 312 g/mol. The molecule has 2 rings (SSSR count). The highest BCUT2D eigenvalue weighted by Gasteiger charge is 2.15. The summed E-state index contributed by atoms with van der Waals surface area (Å²) in [6.45, 7) is 4.50. The maximum Gasteiger partial charge on any atom is 0.245 e. The highest BCUT2D eigenvalue weighted by atomic mass is 35.5. The largest absolute Gasteiger partial charge is 0.374 e. The lowest BCUT2D eigenvalue weighted by Crippen LogP contribution is -2.27. The molecule has 0 saturated carbocycles. The average Bonchev–Trinajstić information content (AvgIpc) is 2.53. The van der Waals surface area contributed by atoms with Gasteiger partial charge in [-0.2, -0.15) is 0 Å². The van der Waals surface area contributed by atoms with Crippen molar-refractivity contribution in [3.8, 4) is 0 Å². The second-order valence-corrected chi connectivity index (χ2v) is 5.44. The van der Waals surface area contributed by atoms with Crippen LogP contribution in [0.5, 0.6) is 0 Å². The zero-order valence-electron chi connectivity index (χ0n) is 13.4. The minimum Gasteiger partial charge on any atom is -0.374 e. The van der Waals surface area contributed by atoms with Gasteiger partial charge >= 0.3 is 0 Å². The van der Waals surface area contributed by atoms with Crippen molar-refractivity contribution in [2.75, 3.05) is 5.32 Å². The van der Waals surface area contributed by atoms with E-state index >= 15 is 0 Å². The molecule has 0 aliphatic heterocycles. The summed E-state index contributed by atoms with van der Waals surface area (Å²) in [4.78, 5) is 12.2. The molecule has 0 aliphatic rings. The van der Waals surface area contributed by atoms with Crippen molar-refractivity contribution >= 4 is 24.0 Å². The van der Waals surface area contributed by atoms with Crippen LogP contribution in [0, 0.1) is 0 Å². The Kier molecular flexibility index (Phi) is 7.75. The van der Waals surface area contributed by atoms with Crippen molar-refractivity contribution < 1.29 is 9.53 Å². The number of rotatable bonds is 6. The molecule has 0 fully saturated rings. The molecular formula is C18H23ClN2O2. The van der Waals surface area contributed by atoms with Gasteiger partial charge in [-0.3, -0.25) is 4.79 Å². The Balaban J connectivity index is 0.00000264. The Bertz CT molecular complexity index is 617. The van der Waals surface area contributed by atoms with Crippen LogP contribution in [0.15, 0.2) is 54.6 Å². The molecule has 124 valence electrons. The van der Waals surface area contributed by atoms with Crippen molar-refractivity contribution in [1.82, 2.24) is 0 Å². The van der Waals surface area contributed by atoms with Gasteiger partial charge < -0.3 is 15.8 Å². The number of nitrogens with one attached hydrogen (secondary N) is 1. The molecule has 0 saturated heterocycles. The molecule has 0 heterocycles. The zero-order valence-corrected chi connectivity index (χ0v) is 14.2. The fourth-order valence-corrected chi connectivity index (χ4v) is 2.03. The Morgan fingerprint density at radius 3 is 2.48 bits per heavy atom. The molecule has 0 radical (unpaired) electrons. The smallest absolute Gasteiger partial charge is 0.245 e. The van der Waals surface area contributed by atoms with Gasteiger partial charge in [0.05, 0.1) is 12.7 Å². The van der Waals surface area contributed by atoms with Crippen LogP contribution in [-0.2, 0) is 16.1 Å². The third kappa shape index (κ3) is 6.02. The summed E-state index contributed by atoms with van der Waals surface area (Å²) in [5.41, 5.74) is 8.51. The van der Waals surface area contributed by atoms with Crippen LogP contribution in [0.2, 0.25) is 0 Å². The number of ether oxygens (including phenoxy) is 1. The number of benzene rings is 2. The van der Waals surface area contributed by atoms with Crippen LogP contribution in [0.4, 0.5) is 5.69 Å². The molecule has 23 heavy (non-hydrogen) atoms. The molecule has 1 unspecified atom stereocenters. The second kappa shape index (κ2) is 9.30. The molecule has 1 amide bonds. The van der Waals surface area contributed by atoms with E-state index in [9.17, 15) is 4.79 Å². The van der Waals surface area contributed by atoms with E-state index in [4.69, 9.17) is 10.5 Å². The van der Waals surface area contributed by atoms with Gasteiger partial charge in [-0.15, -0.1) is 12.4 Å². The van der Waals surface area contributed by atoms with Gasteiger partial charge in [0.1, 0.15) is 6.04 Å². The predicted octanol–water partition coefficient (Wildman–Crippen LogP) is 3.67. The zero-order chi connectivity index (χ0) is 15.9. The lowest BCUT2D eigenvalue weighted by atomic mass is 10.1. The predicted molar refractivity (Wildman–Crippen MR) is 95.6 cm³/mol. The number of carbonyl (C=O) groups is 1. The lowest BCUT2D eigenvalue weighted by molar-refractivity contribution is -0.117. The van der Waals surface area contributed by atoms with Crippen LogP contribution >= 0.6 is 12.4 Å². The molecule has 2 aromatic rings. The van der Waals surface area contributed by atoms with Crippen LogP contribution in [-0.4, -0.2) is 12.0 Å². The molecule has 0 bridgehead atoms. The average molecular weight is 335 g/mol. The standard InChI is InChI=1S/C18H22N2O2.ClH/c1-13(2)22-12-14-7-6-10-16(11-14)20-18(21)17(19)15-8-4-3-5-9-15;/h3-11,13,17H,12,19H2,1-2H3,(H,20,21);1H. The van der Waals surface area contributed by atoms with E-state index in [0.717, 1.165) is 16.8 Å². The molecule has 4 nitrogen and oxygen atoms in total. The van der Waals surface area contributed by atoms with E-state index in [1.807, 2.05) is 68.4 Å². The van der Waals surface area contributed by atoms with E-state index in [-0.39, 0.29) is 24.4 Å². The van der Waals surface area contributed by atoms with Crippen molar-refractivity contribution in [2.24, 2.45) is 5.73 Å². The van der Waals surface area contributed by atoms with E-state index in [1.54, 1.807) is 0 Å². The number of amides is 1. The number of hydrogen-bond donors (Lipinski definition) is 2. The first kappa shape index (κ1) is 19.2. The molecule has 5 heteroatoms. The summed E-state index contributed by atoms with van der Waals surface area (Å²) in [5, 5.41) is 2.85. The van der Waals surface area contributed by atoms with Crippen molar-refractivity contribution in [3.63, 3.8) is 0 Å². The van der Waals surface area contributed by atoms with E-state index in [1.165, 1.54) is 0 Å². The normalized spacial score (nSPS) is 11.7. The van der Waals surface area contributed by atoms with Crippen molar-refractivity contribution in [3.05, 3.63) is 65.7 Å². The number of hydrogen-bond acceptors (Lipinski definition) is 3. The Morgan fingerprint density at radius 2 is 1.83 bits per heavy atom. The number of halogens is 1. The lowest BCUT2D eigenvalue weighted by Gasteiger charge is -2.13. The van der Waals surface area contributed by atoms with Gasteiger partial charge in [-0.05, 0) is 37.1 Å². The van der Waals surface area contributed by atoms with Gasteiger partial charge in [-0.1, -0.05) is 42.5 Å². The third-order valence-corrected chi connectivity index (χ3v) is 3.22. The van der Waals surface area contributed by atoms with Crippen molar-refractivity contribution in [1.29, 1.82) is 0 Å². The monoisotopic (exact) mass is 334 g/mol. The Hall–Kier alpha value is -1.88. The summed E-state index contributed by atoms with van der Waals surface area (Å²) >= 11 is 0. The highest BCUT2D eigenvalue weighted by Crippen LogP contribution is 2.16. The van der Waals surface area contributed by atoms with E-state index in [0.29, 0.717) is 6.61 Å². The minimum atomic E-state index is -0.684. The summed E-state index contributed by atoms with van der Waals surface area (Å²) in [6.07, 6.45) is 0.171. The number of carbonyl (C=O) groups excluding carboxylic acids is 1. The summed E-state index contributed by atoms with van der Waals surface area (Å²) in [5.74, 6) is -0.229. The second-order valence-electron chi connectivity index (χ2n) is 5.44. The maximum atomic E-state index is 12.2. The summed E-state index contributed by atoms with van der Waals surface area (Å²) in [7, 11) is 0.